The molecule has 2 nitrogen and oxygen atoms in total. The van der Waals surface area contributed by atoms with Gasteiger partial charge in [0.2, 0.25) is 0 Å². The number of carbonyl (C=O) groups is 1. The highest BCUT2D eigenvalue weighted by Gasteiger charge is 2.41. The molecule has 0 heterocycles. The molecule has 32 heavy (non-hydrogen) atoms. The number of carboxylic acids is 1. The van der Waals surface area contributed by atoms with Gasteiger partial charge in [-0.15, -0.1) is 0 Å². The maximum Gasteiger partial charge on any atom is 0.417 e. The molecule has 1 unspecified atom stereocenters. The summed E-state index contributed by atoms with van der Waals surface area (Å²) in [5, 5.41) is 8.85. The second-order valence-corrected chi connectivity index (χ2v) is 8.06. The lowest BCUT2D eigenvalue weighted by Gasteiger charge is -2.20. The van der Waals surface area contributed by atoms with Crippen molar-refractivity contribution in [2.24, 2.45) is 0 Å². The van der Waals surface area contributed by atoms with E-state index in [1.165, 1.54) is 6.07 Å². The summed E-state index contributed by atoms with van der Waals surface area (Å²) in [6, 6.07) is 3.42. The van der Waals surface area contributed by atoms with Crippen LogP contribution in [-0.4, -0.2) is 17.3 Å². The maximum absolute atomic E-state index is 14.7. The lowest BCUT2D eigenvalue weighted by atomic mass is 9.93. The molecule has 0 aliphatic heterocycles. The van der Waals surface area contributed by atoms with E-state index < -0.39 is 52.3 Å². The summed E-state index contributed by atoms with van der Waals surface area (Å²) in [6.07, 6.45) is -8.61. The van der Waals surface area contributed by atoms with Crippen molar-refractivity contribution in [2.75, 3.05) is 0 Å². The van der Waals surface area contributed by atoms with Gasteiger partial charge < -0.3 is 5.11 Å². The third-order valence-electron chi connectivity index (χ3n) is 4.95. The summed E-state index contributed by atoms with van der Waals surface area (Å²) in [7, 11) is 0. The summed E-state index contributed by atoms with van der Waals surface area (Å²) in [6.45, 7) is 0. The van der Waals surface area contributed by atoms with Crippen LogP contribution in [0, 0.1) is 0 Å². The quantitative estimate of drug-likeness (QED) is 0.419. The van der Waals surface area contributed by atoms with Crippen LogP contribution in [0.15, 0.2) is 36.4 Å². The van der Waals surface area contributed by atoms with E-state index in [2.05, 4.69) is 0 Å². The highest BCUT2D eigenvalue weighted by atomic mass is 35.5. The van der Waals surface area contributed by atoms with Gasteiger partial charge in [0, 0.05) is 5.56 Å². The number of aromatic carboxylic acids is 1. The van der Waals surface area contributed by atoms with Gasteiger partial charge >= 0.3 is 18.3 Å². The van der Waals surface area contributed by atoms with Gasteiger partial charge in [0.1, 0.15) is 11.7 Å². The Morgan fingerprint density at radius 1 is 1.06 bits per heavy atom. The van der Waals surface area contributed by atoms with Crippen molar-refractivity contribution in [3.05, 3.63) is 74.3 Å². The van der Waals surface area contributed by atoms with Crippen molar-refractivity contribution in [2.45, 2.75) is 37.0 Å². The van der Waals surface area contributed by atoms with E-state index in [0.717, 1.165) is 6.07 Å². The van der Waals surface area contributed by atoms with Gasteiger partial charge in [-0.2, -0.15) is 26.3 Å². The topological polar surface area (TPSA) is 37.3 Å². The van der Waals surface area contributed by atoms with E-state index in [-0.39, 0.29) is 28.1 Å². The lowest BCUT2D eigenvalue weighted by molar-refractivity contribution is -0.140. The van der Waals surface area contributed by atoms with E-state index in [1.54, 1.807) is 0 Å². The number of carboxylic acid groups (broad SMARTS) is 1. The molecule has 0 amide bonds. The molecule has 1 aliphatic rings. The van der Waals surface area contributed by atoms with Gasteiger partial charge in [0.25, 0.3) is 0 Å². The first-order valence-corrected chi connectivity index (χ1v) is 9.83. The van der Waals surface area contributed by atoms with Crippen molar-refractivity contribution in [3.8, 4) is 0 Å². The molecule has 0 bridgehead atoms. The maximum atomic E-state index is 14.7. The van der Waals surface area contributed by atoms with Gasteiger partial charge in [0.15, 0.2) is 0 Å². The summed E-state index contributed by atoms with van der Waals surface area (Å²) in [4.78, 5) is 11.0. The van der Waals surface area contributed by atoms with E-state index in [9.17, 15) is 35.5 Å². The van der Waals surface area contributed by atoms with Crippen LogP contribution in [0.5, 0.6) is 0 Å². The molecule has 0 spiro atoms. The van der Waals surface area contributed by atoms with Crippen LogP contribution in [0.3, 0.4) is 0 Å². The second kappa shape index (κ2) is 8.59. The Balaban J connectivity index is 2.10. The Kier molecular flexibility index (Phi) is 6.55. The monoisotopic (exact) mass is 500 g/mol. The van der Waals surface area contributed by atoms with Gasteiger partial charge in [-0.1, -0.05) is 35.3 Å². The fourth-order valence-corrected chi connectivity index (χ4v) is 3.74. The third-order valence-corrected chi connectivity index (χ3v) is 5.77. The van der Waals surface area contributed by atoms with Gasteiger partial charge in [0.05, 0.1) is 21.2 Å². The Hall–Kier alpha value is -2.26. The smallest absolute Gasteiger partial charge is 0.417 e. The summed E-state index contributed by atoms with van der Waals surface area (Å²) < 4.78 is 95.5. The number of hydrogen-bond acceptors (Lipinski definition) is 1. The molecule has 11 heteroatoms. The van der Waals surface area contributed by atoms with Gasteiger partial charge in [-0.3, -0.25) is 0 Å². The zero-order valence-electron chi connectivity index (χ0n) is 15.8. The summed E-state index contributed by atoms with van der Waals surface area (Å²) in [5.41, 5.74) is -3.70. The molecule has 0 radical (unpaired) electrons. The minimum Gasteiger partial charge on any atom is -0.478 e. The second-order valence-electron chi connectivity index (χ2n) is 7.28. The largest absolute Gasteiger partial charge is 0.478 e. The minimum atomic E-state index is -5.16. The SMILES string of the molecule is O=C(O)c1ccc(C(F)=CC(c2cc(Cl)c(Cl)c(C3CC3)c2)C(F)(F)F)cc1C(F)(F)F. The molecule has 0 saturated heterocycles. The number of hydrogen-bond donors (Lipinski definition) is 1. The number of alkyl halides is 6. The molecule has 1 aliphatic carbocycles. The molecular weight excluding hydrogens is 488 g/mol. The van der Waals surface area contributed by atoms with Crippen LogP contribution < -0.4 is 0 Å². The fraction of sp³-hybridized carbons (Fsp3) is 0.286. The predicted molar refractivity (Wildman–Crippen MR) is 105 cm³/mol. The molecule has 0 aromatic heterocycles. The van der Waals surface area contributed by atoms with Crippen molar-refractivity contribution < 1.29 is 40.6 Å². The summed E-state index contributed by atoms with van der Waals surface area (Å²) >= 11 is 12.0. The highest BCUT2D eigenvalue weighted by Crippen LogP contribution is 2.48. The number of allylic oxidation sites excluding steroid dienone is 1. The molecule has 2 aromatic rings. The van der Waals surface area contributed by atoms with Crippen molar-refractivity contribution in [1.82, 2.24) is 0 Å². The molecule has 172 valence electrons. The van der Waals surface area contributed by atoms with Crippen LogP contribution in [0.4, 0.5) is 30.7 Å². The third kappa shape index (κ3) is 5.20. The van der Waals surface area contributed by atoms with E-state index >= 15 is 0 Å². The number of halogens is 9. The van der Waals surface area contributed by atoms with Gasteiger partial charge in [-0.05, 0) is 54.2 Å². The standard InChI is InChI=1S/C21H13Cl2F7O2/c22-16-7-11(5-13(18(16)23)9-1-2-9)14(20(25,26)27)8-17(24)10-3-4-12(19(31)32)15(6-10)21(28,29)30/h3-9,14H,1-2H2,(H,31,32). The molecule has 1 N–H and O–H groups in total. The van der Waals surface area contributed by atoms with Crippen molar-refractivity contribution in [3.63, 3.8) is 0 Å². The fourth-order valence-electron chi connectivity index (χ4n) is 3.24. The molecule has 2 aromatic carbocycles. The van der Waals surface area contributed by atoms with Crippen LogP contribution in [-0.2, 0) is 6.18 Å². The zero-order chi connectivity index (χ0) is 24.0. The first-order valence-electron chi connectivity index (χ1n) is 9.08. The van der Waals surface area contributed by atoms with Crippen LogP contribution in [0.25, 0.3) is 5.83 Å². The molecule has 1 atom stereocenters. The predicted octanol–water partition coefficient (Wildman–Crippen LogP) is 8.24. The first kappa shape index (κ1) is 24.4. The molecular formula is C21H13Cl2F7O2. The van der Waals surface area contributed by atoms with Crippen LogP contribution >= 0.6 is 23.2 Å². The Labute approximate surface area is 187 Å². The molecule has 3 rings (SSSR count). The van der Waals surface area contributed by atoms with E-state index in [0.29, 0.717) is 30.5 Å². The average Bonchev–Trinajstić information content (AvgIpc) is 3.51. The lowest BCUT2D eigenvalue weighted by Crippen LogP contribution is -2.19. The Bertz CT molecular complexity index is 1090. The van der Waals surface area contributed by atoms with E-state index in [4.69, 9.17) is 28.3 Å². The summed E-state index contributed by atoms with van der Waals surface area (Å²) in [5.74, 6) is -6.11. The molecule has 1 fully saturated rings. The van der Waals surface area contributed by atoms with E-state index in [1.807, 2.05) is 0 Å². The zero-order valence-corrected chi connectivity index (χ0v) is 17.3. The molecule has 1 saturated carbocycles. The normalized spacial score (nSPS) is 16.2. The first-order chi connectivity index (χ1) is 14.7. The van der Waals surface area contributed by atoms with Crippen molar-refractivity contribution >= 4 is 35.0 Å². The van der Waals surface area contributed by atoms with Gasteiger partial charge in [-0.25, -0.2) is 9.18 Å². The van der Waals surface area contributed by atoms with Crippen molar-refractivity contribution in [1.29, 1.82) is 0 Å². The Morgan fingerprint density at radius 3 is 2.19 bits per heavy atom. The number of rotatable bonds is 5. The Morgan fingerprint density at radius 2 is 1.69 bits per heavy atom. The van der Waals surface area contributed by atoms with Crippen LogP contribution in [0.1, 0.15) is 57.3 Å². The minimum absolute atomic E-state index is 0.0689. The van der Waals surface area contributed by atoms with Crippen LogP contribution in [0.2, 0.25) is 10.0 Å². The number of benzene rings is 2. The highest BCUT2D eigenvalue weighted by molar-refractivity contribution is 6.42. The average molecular weight is 501 g/mol.